The highest BCUT2D eigenvalue weighted by atomic mass is 16.5. The van der Waals surface area contributed by atoms with Gasteiger partial charge in [-0.05, 0) is 51.8 Å². The maximum atomic E-state index is 5.55. The number of piperidine rings is 1. The van der Waals surface area contributed by atoms with E-state index in [0.29, 0.717) is 12.1 Å². The van der Waals surface area contributed by atoms with Crippen LogP contribution in [0.5, 0.6) is 0 Å². The van der Waals surface area contributed by atoms with Crippen molar-refractivity contribution < 1.29 is 4.74 Å². The zero-order valence-electron chi connectivity index (χ0n) is 12.7. The predicted molar refractivity (Wildman–Crippen MR) is 83.2 cm³/mol. The average molecular weight is 277 g/mol. The summed E-state index contributed by atoms with van der Waals surface area (Å²) in [5.41, 5.74) is 0. The van der Waals surface area contributed by atoms with Crippen molar-refractivity contribution >= 4 is 5.82 Å². The van der Waals surface area contributed by atoms with Gasteiger partial charge >= 0.3 is 0 Å². The maximum absolute atomic E-state index is 5.55. The summed E-state index contributed by atoms with van der Waals surface area (Å²) < 4.78 is 5.55. The van der Waals surface area contributed by atoms with Gasteiger partial charge in [-0.3, -0.25) is 0 Å². The molecule has 1 aromatic rings. The molecule has 0 atom stereocenters. The molecule has 4 nitrogen and oxygen atoms in total. The molecule has 0 saturated carbocycles. The lowest BCUT2D eigenvalue weighted by molar-refractivity contribution is 0.0765. The summed E-state index contributed by atoms with van der Waals surface area (Å²) in [6.07, 6.45) is 5.70. The van der Waals surface area contributed by atoms with Crippen LogP contribution < -0.4 is 10.2 Å². The SMILES string of the molecule is CC(C)OCCCNC1CCN(c2ccccn2)CC1. The fourth-order valence-electron chi connectivity index (χ4n) is 2.55. The molecule has 4 heteroatoms. The normalized spacial score (nSPS) is 16.9. The van der Waals surface area contributed by atoms with Crippen molar-refractivity contribution in [1.29, 1.82) is 0 Å². The highest BCUT2D eigenvalue weighted by Crippen LogP contribution is 2.17. The van der Waals surface area contributed by atoms with Gasteiger partial charge in [0, 0.05) is 31.9 Å². The fourth-order valence-corrected chi connectivity index (χ4v) is 2.55. The van der Waals surface area contributed by atoms with Crippen molar-refractivity contribution in [3.63, 3.8) is 0 Å². The van der Waals surface area contributed by atoms with Gasteiger partial charge in [-0.25, -0.2) is 4.98 Å². The van der Waals surface area contributed by atoms with Gasteiger partial charge in [-0.2, -0.15) is 0 Å². The third-order valence-corrected chi connectivity index (χ3v) is 3.67. The van der Waals surface area contributed by atoms with Crippen molar-refractivity contribution in [3.8, 4) is 0 Å². The molecule has 1 fully saturated rings. The number of hydrogen-bond donors (Lipinski definition) is 1. The molecule has 1 saturated heterocycles. The Kier molecular flexibility index (Phi) is 6.27. The molecule has 0 aromatic carbocycles. The van der Waals surface area contributed by atoms with Gasteiger partial charge in [0.2, 0.25) is 0 Å². The summed E-state index contributed by atoms with van der Waals surface area (Å²) in [6, 6.07) is 6.77. The summed E-state index contributed by atoms with van der Waals surface area (Å²) >= 11 is 0. The molecule has 2 rings (SSSR count). The van der Waals surface area contributed by atoms with E-state index in [1.165, 1.54) is 12.8 Å². The van der Waals surface area contributed by atoms with Crippen LogP contribution in [0, 0.1) is 0 Å². The lowest BCUT2D eigenvalue weighted by Crippen LogP contribution is -2.43. The number of hydrogen-bond acceptors (Lipinski definition) is 4. The smallest absolute Gasteiger partial charge is 0.128 e. The zero-order chi connectivity index (χ0) is 14.2. The van der Waals surface area contributed by atoms with Crippen LogP contribution in [0.2, 0.25) is 0 Å². The van der Waals surface area contributed by atoms with Gasteiger partial charge < -0.3 is 15.0 Å². The number of ether oxygens (including phenoxy) is 1. The molecule has 0 bridgehead atoms. The molecular weight excluding hydrogens is 250 g/mol. The first kappa shape index (κ1) is 15.3. The zero-order valence-corrected chi connectivity index (χ0v) is 12.7. The van der Waals surface area contributed by atoms with E-state index in [-0.39, 0.29) is 0 Å². The summed E-state index contributed by atoms with van der Waals surface area (Å²) in [7, 11) is 0. The Hall–Kier alpha value is -1.13. The van der Waals surface area contributed by atoms with E-state index >= 15 is 0 Å². The lowest BCUT2D eigenvalue weighted by atomic mass is 10.0. The third kappa shape index (κ3) is 5.10. The van der Waals surface area contributed by atoms with Crippen LogP contribution in [-0.4, -0.2) is 43.4 Å². The van der Waals surface area contributed by atoms with Gasteiger partial charge in [0.1, 0.15) is 5.82 Å². The second-order valence-corrected chi connectivity index (χ2v) is 5.68. The van der Waals surface area contributed by atoms with E-state index in [0.717, 1.165) is 38.5 Å². The first-order valence-corrected chi connectivity index (χ1v) is 7.76. The summed E-state index contributed by atoms with van der Waals surface area (Å²) in [5.74, 6) is 1.11. The minimum absolute atomic E-state index is 0.344. The van der Waals surface area contributed by atoms with E-state index in [1.807, 2.05) is 12.3 Å². The molecule has 1 N–H and O–H groups in total. The van der Waals surface area contributed by atoms with Gasteiger partial charge in [-0.1, -0.05) is 6.07 Å². The van der Waals surface area contributed by atoms with Crippen molar-refractivity contribution in [2.75, 3.05) is 31.1 Å². The van der Waals surface area contributed by atoms with Gasteiger partial charge in [0.15, 0.2) is 0 Å². The molecule has 20 heavy (non-hydrogen) atoms. The first-order valence-electron chi connectivity index (χ1n) is 7.76. The molecule has 0 amide bonds. The summed E-state index contributed by atoms with van der Waals surface area (Å²) in [4.78, 5) is 6.79. The number of pyridine rings is 1. The van der Waals surface area contributed by atoms with Crippen LogP contribution in [-0.2, 0) is 4.74 Å². The molecular formula is C16H27N3O. The van der Waals surface area contributed by atoms with Crippen LogP contribution in [0.25, 0.3) is 0 Å². The van der Waals surface area contributed by atoms with E-state index < -0.39 is 0 Å². The number of nitrogens with one attached hydrogen (secondary N) is 1. The average Bonchev–Trinajstić information content (AvgIpc) is 2.48. The molecule has 112 valence electrons. The summed E-state index contributed by atoms with van der Waals surface area (Å²) in [5, 5.41) is 3.64. The van der Waals surface area contributed by atoms with Crippen molar-refractivity contribution in [2.45, 2.75) is 45.3 Å². The number of anilines is 1. The van der Waals surface area contributed by atoms with E-state index in [1.54, 1.807) is 0 Å². The Bertz CT molecular complexity index is 361. The highest BCUT2D eigenvalue weighted by molar-refractivity contribution is 5.38. The van der Waals surface area contributed by atoms with Gasteiger partial charge in [-0.15, -0.1) is 0 Å². The molecule has 1 aromatic heterocycles. The van der Waals surface area contributed by atoms with Crippen LogP contribution >= 0.6 is 0 Å². The Balaban J connectivity index is 1.60. The number of nitrogens with zero attached hydrogens (tertiary/aromatic N) is 2. The molecule has 0 spiro atoms. The summed E-state index contributed by atoms with van der Waals surface area (Å²) in [6.45, 7) is 8.27. The van der Waals surface area contributed by atoms with Crippen LogP contribution in [0.4, 0.5) is 5.82 Å². The lowest BCUT2D eigenvalue weighted by Gasteiger charge is -2.33. The van der Waals surface area contributed by atoms with Crippen molar-refractivity contribution in [1.82, 2.24) is 10.3 Å². The standard InChI is InChI=1S/C16H27N3O/c1-14(2)20-13-5-10-17-15-7-11-19(12-8-15)16-6-3-4-9-18-16/h3-4,6,9,14-15,17H,5,7-8,10-13H2,1-2H3. The van der Waals surface area contributed by atoms with Crippen molar-refractivity contribution in [2.24, 2.45) is 0 Å². The maximum Gasteiger partial charge on any atom is 0.128 e. The third-order valence-electron chi connectivity index (χ3n) is 3.67. The van der Waals surface area contributed by atoms with Crippen LogP contribution in [0.15, 0.2) is 24.4 Å². The van der Waals surface area contributed by atoms with E-state index in [2.05, 4.69) is 41.2 Å². The molecule has 2 heterocycles. The fraction of sp³-hybridized carbons (Fsp3) is 0.688. The quantitative estimate of drug-likeness (QED) is 0.777. The van der Waals surface area contributed by atoms with Crippen LogP contribution in [0.3, 0.4) is 0 Å². The van der Waals surface area contributed by atoms with Crippen LogP contribution in [0.1, 0.15) is 33.1 Å². The highest BCUT2D eigenvalue weighted by Gasteiger charge is 2.19. The minimum Gasteiger partial charge on any atom is -0.379 e. The molecule has 1 aliphatic rings. The predicted octanol–water partition coefficient (Wildman–Crippen LogP) is 2.46. The van der Waals surface area contributed by atoms with Crippen molar-refractivity contribution in [3.05, 3.63) is 24.4 Å². The molecule has 0 unspecified atom stereocenters. The topological polar surface area (TPSA) is 37.4 Å². The van der Waals surface area contributed by atoms with E-state index in [4.69, 9.17) is 4.74 Å². The second-order valence-electron chi connectivity index (χ2n) is 5.68. The molecule has 1 aliphatic heterocycles. The first-order chi connectivity index (χ1) is 9.75. The van der Waals surface area contributed by atoms with Gasteiger partial charge in [0.05, 0.1) is 6.10 Å². The Morgan fingerprint density at radius 1 is 1.35 bits per heavy atom. The number of rotatable bonds is 7. The monoisotopic (exact) mass is 277 g/mol. The number of aromatic nitrogens is 1. The Morgan fingerprint density at radius 3 is 2.80 bits per heavy atom. The van der Waals surface area contributed by atoms with E-state index in [9.17, 15) is 0 Å². The van der Waals surface area contributed by atoms with Gasteiger partial charge in [0.25, 0.3) is 0 Å². The molecule has 0 radical (unpaired) electrons. The largest absolute Gasteiger partial charge is 0.379 e. The molecule has 0 aliphatic carbocycles. The Labute approximate surface area is 122 Å². The second kappa shape index (κ2) is 8.22. The Morgan fingerprint density at radius 2 is 2.15 bits per heavy atom. The minimum atomic E-state index is 0.344.